The monoisotopic (exact) mass is 331 g/mol. The summed E-state index contributed by atoms with van der Waals surface area (Å²) in [7, 11) is 0. The van der Waals surface area contributed by atoms with Crippen LogP contribution < -0.4 is 5.73 Å². The second kappa shape index (κ2) is 9.80. The number of benzene rings is 1. The Balaban J connectivity index is 1.93. The number of hydrogen-bond acceptors (Lipinski definition) is 3. The minimum atomic E-state index is 0.262. The van der Waals surface area contributed by atoms with Gasteiger partial charge < -0.3 is 10.6 Å². The highest BCUT2D eigenvalue weighted by Crippen LogP contribution is 2.25. The topological polar surface area (TPSA) is 49.6 Å². The van der Waals surface area contributed by atoms with Gasteiger partial charge in [0.25, 0.3) is 0 Å². The minimum Gasteiger partial charge on any atom is -0.336 e. The van der Waals surface area contributed by atoms with Gasteiger partial charge in [-0.2, -0.15) is 0 Å². The first-order valence-electron chi connectivity index (χ1n) is 9.39. The molecule has 0 radical (unpaired) electrons. The number of carbonyl (C=O) groups excluding carboxylic acids is 1. The van der Waals surface area contributed by atoms with E-state index in [2.05, 4.69) is 47.9 Å². The van der Waals surface area contributed by atoms with Crippen LogP contribution in [0, 0.1) is 0 Å². The molecule has 1 fully saturated rings. The maximum absolute atomic E-state index is 12.9. The summed E-state index contributed by atoms with van der Waals surface area (Å²) in [6.07, 6.45) is 5.78. The summed E-state index contributed by atoms with van der Waals surface area (Å²) in [6.45, 7) is 6.99. The fourth-order valence-electron chi connectivity index (χ4n) is 3.75. The van der Waals surface area contributed by atoms with E-state index < -0.39 is 0 Å². The molecule has 4 nitrogen and oxygen atoms in total. The highest BCUT2D eigenvalue weighted by atomic mass is 16.2. The van der Waals surface area contributed by atoms with E-state index >= 15 is 0 Å². The van der Waals surface area contributed by atoms with Crippen molar-refractivity contribution < 1.29 is 4.79 Å². The standard InChI is InChI=1S/C20H33N3O/c1-17(2)23(19-10-6-7-11-19)20(24)16-22(15-13-21)14-12-18-8-4-3-5-9-18/h3-5,8-9,17,19H,6-7,10-16,21H2,1-2H3. The first-order valence-corrected chi connectivity index (χ1v) is 9.39. The first-order chi connectivity index (χ1) is 11.6. The molecule has 1 aromatic rings. The smallest absolute Gasteiger partial charge is 0.237 e. The second-order valence-corrected chi connectivity index (χ2v) is 7.13. The third-order valence-corrected chi connectivity index (χ3v) is 4.93. The average molecular weight is 332 g/mol. The summed E-state index contributed by atoms with van der Waals surface area (Å²) >= 11 is 0. The Morgan fingerprint density at radius 3 is 2.42 bits per heavy atom. The Morgan fingerprint density at radius 1 is 1.17 bits per heavy atom. The van der Waals surface area contributed by atoms with E-state index in [0.717, 1.165) is 32.4 Å². The maximum Gasteiger partial charge on any atom is 0.237 e. The van der Waals surface area contributed by atoms with Crippen LogP contribution >= 0.6 is 0 Å². The van der Waals surface area contributed by atoms with Gasteiger partial charge in [-0.25, -0.2) is 0 Å². The van der Waals surface area contributed by atoms with Crippen LogP contribution in [0.3, 0.4) is 0 Å². The van der Waals surface area contributed by atoms with E-state index in [0.29, 0.717) is 19.1 Å². The van der Waals surface area contributed by atoms with Gasteiger partial charge in [0.15, 0.2) is 0 Å². The largest absolute Gasteiger partial charge is 0.336 e. The van der Waals surface area contributed by atoms with Gasteiger partial charge in [0.05, 0.1) is 6.54 Å². The Labute approximate surface area is 147 Å². The molecule has 24 heavy (non-hydrogen) atoms. The molecule has 1 saturated carbocycles. The molecular formula is C20H33N3O. The molecule has 2 N–H and O–H groups in total. The quantitative estimate of drug-likeness (QED) is 0.757. The van der Waals surface area contributed by atoms with Crippen molar-refractivity contribution in [1.29, 1.82) is 0 Å². The van der Waals surface area contributed by atoms with Crippen LogP contribution in [0.25, 0.3) is 0 Å². The van der Waals surface area contributed by atoms with Crippen molar-refractivity contribution in [2.45, 2.75) is 58.0 Å². The molecule has 0 aromatic heterocycles. The predicted octanol–water partition coefficient (Wildman–Crippen LogP) is 2.67. The lowest BCUT2D eigenvalue weighted by Gasteiger charge is -2.35. The van der Waals surface area contributed by atoms with Crippen molar-refractivity contribution in [3.8, 4) is 0 Å². The lowest BCUT2D eigenvalue weighted by molar-refractivity contribution is -0.136. The Bertz CT molecular complexity index is 483. The van der Waals surface area contributed by atoms with Crippen LogP contribution in [0.1, 0.15) is 45.1 Å². The van der Waals surface area contributed by atoms with Gasteiger partial charge in [0.1, 0.15) is 0 Å². The normalized spacial score (nSPS) is 15.4. The number of amides is 1. The molecule has 0 spiro atoms. The Hall–Kier alpha value is -1.39. The molecule has 1 aromatic carbocycles. The Kier molecular flexibility index (Phi) is 7.73. The molecular weight excluding hydrogens is 298 g/mol. The molecule has 4 heteroatoms. The van der Waals surface area contributed by atoms with E-state index in [9.17, 15) is 4.79 Å². The molecule has 0 aliphatic heterocycles. The van der Waals surface area contributed by atoms with Gasteiger partial charge in [-0.3, -0.25) is 9.69 Å². The highest BCUT2D eigenvalue weighted by Gasteiger charge is 2.29. The van der Waals surface area contributed by atoms with Gasteiger partial charge in [0, 0.05) is 31.7 Å². The summed E-state index contributed by atoms with van der Waals surface area (Å²) in [5.74, 6) is 0.262. The van der Waals surface area contributed by atoms with E-state index in [1.165, 1.54) is 18.4 Å². The van der Waals surface area contributed by atoms with Gasteiger partial charge in [0.2, 0.25) is 5.91 Å². The van der Waals surface area contributed by atoms with Crippen molar-refractivity contribution in [3.63, 3.8) is 0 Å². The number of hydrogen-bond donors (Lipinski definition) is 1. The molecule has 0 heterocycles. The van der Waals surface area contributed by atoms with E-state index in [4.69, 9.17) is 5.73 Å². The molecule has 1 aliphatic rings. The summed E-state index contributed by atoms with van der Waals surface area (Å²) in [5, 5.41) is 0. The van der Waals surface area contributed by atoms with Gasteiger partial charge >= 0.3 is 0 Å². The Morgan fingerprint density at radius 2 is 1.83 bits per heavy atom. The van der Waals surface area contributed by atoms with Crippen LogP contribution in [0.5, 0.6) is 0 Å². The van der Waals surface area contributed by atoms with Crippen LogP contribution in [-0.4, -0.2) is 54.0 Å². The highest BCUT2D eigenvalue weighted by molar-refractivity contribution is 5.79. The zero-order valence-electron chi connectivity index (χ0n) is 15.3. The summed E-state index contributed by atoms with van der Waals surface area (Å²) in [5.41, 5.74) is 7.07. The molecule has 2 rings (SSSR count). The minimum absolute atomic E-state index is 0.262. The molecule has 0 atom stereocenters. The fourth-order valence-corrected chi connectivity index (χ4v) is 3.75. The van der Waals surface area contributed by atoms with Crippen LogP contribution in [-0.2, 0) is 11.2 Å². The fraction of sp³-hybridized carbons (Fsp3) is 0.650. The number of carbonyl (C=O) groups is 1. The molecule has 0 saturated heterocycles. The van der Waals surface area contributed by atoms with Crippen LogP contribution in [0.4, 0.5) is 0 Å². The molecule has 134 valence electrons. The van der Waals surface area contributed by atoms with Gasteiger partial charge in [-0.15, -0.1) is 0 Å². The SMILES string of the molecule is CC(C)N(C(=O)CN(CCN)CCc1ccccc1)C1CCCC1. The van der Waals surface area contributed by atoms with Gasteiger partial charge in [-0.05, 0) is 38.7 Å². The second-order valence-electron chi connectivity index (χ2n) is 7.13. The van der Waals surface area contributed by atoms with Gasteiger partial charge in [-0.1, -0.05) is 43.2 Å². The van der Waals surface area contributed by atoms with Crippen molar-refractivity contribution in [2.24, 2.45) is 5.73 Å². The summed E-state index contributed by atoms with van der Waals surface area (Å²) < 4.78 is 0. The third kappa shape index (κ3) is 5.60. The number of rotatable bonds is 9. The molecule has 0 bridgehead atoms. The molecule has 1 aliphatic carbocycles. The van der Waals surface area contributed by atoms with Crippen molar-refractivity contribution in [2.75, 3.05) is 26.2 Å². The van der Waals surface area contributed by atoms with Crippen molar-refractivity contribution in [3.05, 3.63) is 35.9 Å². The zero-order chi connectivity index (χ0) is 17.4. The zero-order valence-corrected chi connectivity index (χ0v) is 15.3. The lowest BCUT2D eigenvalue weighted by Crippen LogP contribution is -2.49. The van der Waals surface area contributed by atoms with Crippen LogP contribution in [0.2, 0.25) is 0 Å². The average Bonchev–Trinajstić information content (AvgIpc) is 3.07. The third-order valence-electron chi connectivity index (χ3n) is 4.93. The lowest BCUT2D eigenvalue weighted by atomic mass is 10.1. The number of nitrogens with two attached hydrogens (primary N) is 1. The predicted molar refractivity (Wildman–Crippen MR) is 99.9 cm³/mol. The van der Waals surface area contributed by atoms with E-state index in [-0.39, 0.29) is 11.9 Å². The van der Waals surface area contributed by atoms with Crippen LogP contribution in [0.15, 0.2) is 30.3 Å². The first kappa shape index (κ1) is 18.9. The van der Waals surface area contributed by atoms with Crippen molar-refractivity contribution in [1.82, 2.24) is 9.80 Å². The van der Waals surface area contributed by atoms with E-state index in [1.807, 2.05) is 6.07 Å². The summed E-state index contributed by atoms with van der Waals surface area (Å²) in [6, 6.07) is 11.2. The number of nitrogens with zero attached hydrogens (tertiary/aromatic N) is 2. The summed E-state index contributed by atoms with van der Waals surface area (Å²) in [4.78, 5) is 17.2. The van der Waals surface area contributed by atoms with Crippen molar-refractivity contribution >= 4 is 5.91 Å². The molecule has 1 amide bonds. The molecule has 0 unspecified atom stereocenters. The maximum atomic E-state index is 12.9. The van der Waals surface area contributed by atoms with E-state index in [1.54, 1.807) is 0 Å².